The lowest BCUT2D eigenvalue weighted by Gasteiger charge is -2.02. The zero-order chi connectivity index (χ0) is 10.8. The number of hydrogen-bond acceptors (Lipinski definition) is 1. The summed E-state index contributed by atoms with van der Waals surface area (Å²) in [6.07, 6.45) is 3.42. The summed E-state index contributed by atoms with van der Waals surface area (Å²) in [5.74, 6) is 0. The van der Waals surface area contributed by atoms with Gasteiger partial charge in [-0.25, -0.2) is 0 Å². The zero-order valence-corrected chi connectivity index (χ0v) is 9.38. The quantitative estimate of drug-likeness (QED) is 0.824. The molecule has 1 atom stereocenters. The number of nitrogens with one attached hydrogen (secondary N) is 1. The molecule has 0 spiro atoms. The molecule has 0 bridgehead atoms. The fourth-order valence-electron chi connectivity index (χ4n) is 1.73. The molecule has 1 aromatic heterocycles. The predicted octanol–water partition coefficient (Wildman–Crippen LogP) is 3.13. The lowest BCUT2D eigenvalue weighted by molar-refractivity contribution is 0.185. The van der Waals surface area contributed by atoms with E-state index in [1.807, 2.05) is 31.3 Å². The van der Waals surface area contributed by atoms with Crippen molar-refractivity contribution in [3.63, 3.8) is 0 Å². The number of halogens is 1. The Balaban J connectivity index is 2.29. The predicted molar refractivity (Wildman–Crippen MR) is 63.3 cm³/mol. The minimum absolute atomic E-state index is 0.248. The molecule has 0 radical (unpaired) electrons. The van der Waals surface area contributed by atoms with Crippen LogP contribution in [0.1, 0.15) is 18.9 Å². The number of benzene rings is 1. The Labute approximate surface area is 93.9 Å². The van der Waals surface area contributed by atoms with Gasteiger partial charge in [-0.05, 0) is 37.5 Å². The van der Waals surface area contributed by atoms with Gasteiger partial charge in [0, 0.05) is 22.1 Å². The second kappa shape index (κ2) is 4.25. The second-order valence-corrected chi connectivity index (χ2v) is 4.33. The molecular formula is C12H14ClNO. The smallest absolute Gasteiger partial charge is 0.0515 e. The van der Waals surface area contributed by atoms with Crippen molar-refractivity contribution in [3.8, 4) is 0 Å². The van der Waals surface area contributed by atoms with Crippen molar-refractivity contribution >= 4 is 22.5 Å². The Hall–Kier alpha value is -0.990. The lowest BCUT2D eigenvalue weighted by atomic mass is 10.1. The van der Waals surface area contributed by atoms with E-state index in [0.717, 1.165) is 23.4 Å². The minimum Gasteiger partial charge on any atom is -0.393 e. The van der Waals surface area contributed by atoms with E-state index in [2.05, 4.69) is 4.98 Å². The number of aromatic amines is 1. The largest absolute Gasteiger partial charge is 0.393 e. The SMILES string of the molecule is CC(O)CCc1c[nH]c2cc(Cl)ccc12. The topological polar surface area (TPSA) is 36.0 Å². The van der Waals surface area contributed by atoms with Crippen LogP contribution in [0.15, 0.2) is 24.4 Å². The van der Waals surface area contributed by atoms with E-state index in [9.17, 15) is 5.11 Å². The molecular weight excluding hydrogens is 210 g/mol. The standard InChI is InChI=1S/C12H14ClNO/c1-8(15)2-3-9-7-14-12-6-10(13)4-5-11(9)12/h4-8,14-15H,2-3H2,1H3. The number of rotatable bonds is 3. The highest BCUT2D eigenvalue weighted by Gasteiger charge is 2.05. The molecule has 2 rings (SSSR count). The molecule has 1 heterocycles. The molecule has 0 amide bonds. The van der Waals surface area contributed by atoms with Crippen molar-refractivity contribution in [1.29, 1.82) is 0 Å². The van der Waals surface area contributed by atoms with E-state index in [1.165, 1.54) is 10.9 Å². The molecule has 0 fully saturated rings. The fourth-order valence-corrected chi connectivity index (χ4v) is 1.90. The molecule has 3 heteroatoms. The third-order valence-corrected chi connectivity index (χ3v) is 2.80. The molecule has 2 aromatic rings. The van der Waals surface area contributed by atoms with Crippen molar-refractivity contribution in [1.82, 2.24) is 4.98 Å². The number of aromatic nitrogens is 1. The summed E-state index contributed by atoms with van der Waals surface area (Å²) >= 11 is 5.90. The van der Waals surface area contributed by atoms with Crippen LogP contribution in [0.5, 0.6) is 0 Å². The zero-order valence-electron chi connectivity index (χ0n) is 8.63. The van der Waals surface area contributed by atoms with Crippen molar-refractivity contribution in [2.45, 2.75) is 25.9 Å². The number of hydrogen-bond donors (Lipinski definition) is 2. The first-order valence-corrected chi connectivity index (χ1v) is 5.48. The van der Waals surface area contributed by atoms with E-state index in [4.69, 9.17) is 11.6 Å². The van der Waals surface area contributed by atoms with Gasteiger partial charge in [0.15, 0.2) is 0 Å². The van der Waals surface area contributed by atoms with Crippen LogP contribution in [0.3, 0.4) is 0 Å². The van der Waals surface area contributed by atoms with Crippen LogP contribution in [0, 0.1) is 0 Å². The number of H-pyrrole nitrogens is 1. The third kappa shape index (κ3) is 2.33. The number of aryl methyl sites for hydroxylation is 1. The summed E-state index contributed by atoms with van der Waals surface area (Å²) in [6.45, 7) is 1.81. The van der Waals surface area contributed by atoms with E-state index >= 15 is 0 Å². The van der Waals surface area contributed by atoms with Gasteiger partial charge in [0.1, 0.15) is 0 Å². The summed E-state index contributed by atoms with van der Waals surface area (Å²) in [7, 11) is 0. The summed E-state index contributed by atoms with van der Waals surface area (Å²) in [5.41, 5.74) is 2.30. The summed E-state index contributed by atoms with van der Waals surface area (Å²) < 4.78 is 0. The maximum absolute atomic E-state index is 9.24. The number of fused-ring (bicyclic) bond motifs is 1. The van der Waals surface area contributed by atoms with Crippen LogP contribution in [0.2, 0.25) is 5.02 Å². The highest BCUT2D eigenvalue weighted by atomic mass is 35.5. The summed E-state index contributed by atoms with van der Waals surface area (Å²) in [6, 6.07) is 5.83. The highest BCUT2D eigenvalue weighted by molar-refractivity contribution is 6.31. The van der Waals surface area contributed by atoms with Crippen molar-refractivity contribution < 1.29 is 5.11 Å². The molecule has 0 aliphatic carbocycles. The maximum Gasteiger partial charge on any atom is 0.0515 e. The normalized spacial score (nSPS) is 13.3. The maximum atomic E-state index is 9.24. The average Bonchev–Trinajstić information content (AvgIpc) is 2.57. The van der Waals surface area contributed by atoms with Crippen LogP contribution < -0.4 is 0 Å². The molecule has 0 aliphatic heterocycles. The van der Waals surface area contributed by atoms with Crippen molar-refractivity contribution in [2.75, 3.05) is 0 Å². The van der Waals surface area contributed by atoms with Crippen LogP contribution in [0.4, 0.5) is 0 Å². The van der Waals surface area contributed by atoms with E-state index in [1.54, 1.807) is 0 Å². The van der Waals surface area contributed by atoms with E-state index < -0.39 is 0 Å². The molecule has 80 valence electrons. The first-order valence-electron chi connectivity index (χ1n) is 5.10. The molecule has 15 heavy (non-hydrogen) atoms. The second-order valence-electron chi connectivity index (χ2n) is 3.89. The van der Waals surface area contributed by atoms with Crippen LogP contribution in [-0.4, -0.2) is 16.2 Å². The molecule has 2 N–H and O–H groups in total. The first kappa shape index (κ1) is 10.5. The molecule has 1 unspecified atom stereocenters. The Morgan fingerprint density at radius 1 is 1.47 bits per heavy atom. The average molecular weight is 224 g/mol. The van der Waals surface area contributed by atoms with E-state index in [0.29, 0.717) is 0 Å². The Kier molecular flexibility index (Phi) is 2.98. The first-order chi connectivity index (χ1) is 7.16. The van der Waals surface area contributed by atoms with Crippen LogP contribution in [-0.2, 0) is 6.42 Å². The van der Waals surface area contributed by atoms with Gasteiger partial charge in [-0.15, -0.1) is 0 Å². The lowest BCUT2D eigenvalue weighted by Crippen LogP contribution is -2.00. The highest BCUT2D eigenvalue weighted by Crippen LogP contribution is 2.23. The molecule has 2 nitrogen and oxygen atoms in total. The van der Waals surface area contributed by atoms with Gasteiger partial charge in [-0.1, -0.05) is 17.7 Å². The van der Waals surface area contributed by atoms with Gasteiger partial charge in [0.25, 0.3) is 0 Å². The number of aliphatic hydroxyl groups is 1. The Morgan fingerprint density at radius 3 is 3.00 bits per heavy atom. The minimum atomic E-state index is -0.248. The molecule has 0 aliphatic rings. The van der Waals surface area contributed by atoms with Gasteiger partial charge < -0.3 is 10.1 Å². The fraction of sp³-hybridized carbons (Fsp3) is 0.333. The van der Waals surface area contributed by atoms with E-state index in [-0.39, 0.29) is 6.10 Å². The van der Waals surface area contributed by atoms with Gasteiger partial charge >= 0.3 is 0 Å². The third-order valence-electron chi connectivity index (χ3n) is 2.56. The van der Waals surface area contributed by atoms with Crippen LogP contribution >= 0.6 is 11.6 Å². The summed E-state index contributed by atoms with van der Waals surface area (Å²) in [5, 5.41) is 11.2. The van der Waals surface area contributed by atoms with Gasteiger partial charge in [0.2, 0.25) is 0 Å². The molecule has 0 saturated heterocycles. The van der Waals surface area contributed by atoms with Crippen LogP contribution in [0.25, 0.3) is 10.9 Å². The Morgan fingerprint density at radius 2 is 2.27 bits per heavy atom. The van der Waals surface area contributed by atoms with Gasteiger partial charge in [0.05, 0.1) is 6.10 Å². The number of aliphatic hydroxyl groups excluding tert-OH is 1. The Bertz CT molecular complexity index is 462. The van der Waals surface area contributed by atoms with Crippen molar-refractivity contribution in [2.24, 2.45) is 0 Å². The molecule has 0 saturated carbocycles. The molecule has 1 aromatic carbocycles. The van der Waals surface area contributed by atoms with Gasteiger partial charge in [-0.2, -0.15) is 0 Å². The monoisotopic (exact) mass is 223 g/mol. The summed E-state index contributed by atoms with van der Waals surface area (Å²) in [4.78, 5) is 3.19. The van der Waals surface area contributed by atoms with Gasteiger partial charge in [-0.3, -0.25) is 0 Å². The van der Waals surface area contributed by atoms with Crippen molar-refractivity contribution in [3.05, 3.63) is 35.0 Å².